The first-order chi connectivity index (χ1) is 14.0. The Labute approximate surface area is 187 Å². The average molecular weight is 449 g/mol. The number of pyridine rings is 2. The van der Waals surface area contributed by atoms with Gasteiger partial charge in [0.05, 0.1) is 33.5 Å². The number of amides is 1. The predicted molar refractivity (Wildman–Crippen MR) is 124 cm³/mol. The van der Waals surface area contributed by atoms with Crippen molar-refractivity contribution in [1.82, 2.24) is 20.3 Å². The first kappa shape index (κ1) is 22.3. The maximum absolute atomic E-state index is 12.7. The van der Waals surface area contributed by atoms with E-state index in [-0.39, 0.29) is 18.3 Å². The van der Waals surface area contributed by atoms with Crippen LogP contribution in [0.1, 0.15) is 37.0 Å². The van der Waals surface area contributed by atoms with Gasteiger partial charge in [0.15, 0.2) is 0 Å². The number of nitrogens with one attached hydrogen (secondary N) is 3. The van der Waals surface area contributed by atoms with Crippen LogP contribution in [0.3, 0.4) is 0 Å². The molecule has 4 heterocycles. The number of piperidine rings is 1. The molecule has 1 fully saturated rings. The van der Waals surface area contributed by atoms with E-state index in [1.165, 1.54) is 0 Å². The molecule has 0 saturated carbocycles. The Bertz CT molecular complexity index is 1010. The van der Waals surface area contributed by atoms with Gasteiger partial charge in [0, 0.05) is 43.8 Å². The van der Waals surface area contributed by atoms with E-state index in [0.717, 1.165) is 37.0 Å². The Morgan fingerprint density at radius 3 is 2.93 bits per heavy atom. The summed E-state index contributed by atoms with van der Waals surface area (Å²) in [6.45, 7) is 6.10. The number of nitrogens with zero attached hydrogens (tertiary/aromatic N) is 3. The van der Waals surface area contributed by atoms with Gasteiger partial charge < -0.3 is 20.5 Å². The van der Waals surface area contributed by atoms with Gasteiger partial charge in [0.25, 0.3) is 5.91 Å². The molecule has 1 atom stereocenters. The second-order valence-electron chi connectivity index (χ2n) is 7.68. The minimum Gasteiger partial charge on any atom is -0.368 e. The van der Waals surface area contributed by atoms with E-state index >= 15 is 0 Å². The number of hydrogen-bond donors (Lipinski definition) is 3. The Hall–Kier alpha value is -2.35. The molecule has 0 spiro atoms. The quantitative estimate of drug-likeness (QED) is 0.542. The molecule has 0 aliphatic carbocycles. The summed E-state index contributed by atoms with van der Waals surface area (Å²) in [6, 6.07) is 4.30. The molecule has 1 unspecified atom stereocenters. The van der Waals surface area contributed by atoms with Crippen LogP contribution in [0.4, 0.5) is 11.4 Å². The van der Waals surface area contributed by atoms with Crippen LogP contribution < -0.4 is 15.5 Å². The second-order valence-corrected chi connectivity index (χ2v) is 8.09. The van der Waals surface area contributed by atoms with E-state index in [1.807, 2.05) is 0 Å². The van der Waals surface area contributed by atoms with Crippen LogP contribution in [0.5, 0.6) is 0 Å². The number of H-pyrrole nitrogens is 1. The maximum atomic E-state index is 12.7. The lowest BCUT2D eigenvalue weighted by molar-refractivity contribution is 0.102. The molecule has 3 aromatic heterocycles. The molecule has 0 radical (unpaired) electrons. The Morgan fingerprint density at radius 1 is 1.37 bits per heavy atom. The van der Waals surface area contributed by atoms with Crippen LogP contribution in [0, 0.1) is 0 Å². The zero-order chi connectivity index (χ0) is 20.4. The lowest BCUT2D eigenvalue weighted by Crippen LogP contribution is -2.48. The highest BCUT2D eigenvalue weighted by atomic mass is 35.5. The number of fused-ring (bicyclic) bond motifs is 1. The predicted octanol–water partition coefficient (Wildman–Crippen LogP) is 4.25. The smallest absolute Gasteiger partial charge is 0.257 e. The molecule has 4 rings (SSSR count). The van der Waals surface area contributed by atoms with Crippen molar-refractivity contribution in [2.24, 2.45) is 0 Å². The number of carbonyl (C=O) groups is 1. The molecule has 1 aliphatic heterocycles. The summed E-state index contributed by atoms with van der Waals surface area (Å²) >= 11 is 6.61. The van der Waals surface area contributed by atoms with Crippen molar-refractivity contribution in [2.75, 3.05) is 23.3 Å². The van der Waals surface area contributed by atoms with Gasteiger partial charge in [-0.05, 0) is 25.0 Å². The van der Waals surface area contributed by atoms with Crippen LogP contribution in [0.25, 0.3) is 11.0 Å². The van der Waals surface area contributed by atoms with Crippen molar-refractivity contribution in [3.05, 3.63) is 47.5 Å². The Morgan fingerprint density at radius 2 is 2.20 bits per heavy atom. The summed E-state index contributed by atoms with van der Waals surface area (Å²) < 4.78 is 0. The lowest BCUT2D eigenvalue weighted by Gasteiger charge is -2.36. The van der Waals surface area contributed by atoms with Crippen molar-refractivity contribution in [3.8, 4) is 0 Å². The van der Waals surface area contributed by atoms with Gasteiger partial charge in [0.2, 0.25) is 0 Å². The van der Waals surface area contributed by atoms with E-state index in [4.69, 9.17) is 11.6 Å². The molecule has 160 valence electrons. The summed E-state index contributed by atoms with van der Waals surface area (Å²) in [5.74, 6) is -0.220. The molecular formula is C21H26Cl2N6O. The molecule has 1 saturated heterocycles. The van der Waals surface area contributed by atoms with Crippen molar-refractivity contribution in [1.29, 1.82) is 0 Å². The summed E-state index contributed by atoms with van der Waals surface area (Å²) in [6.07, 6.45) is 8.83. The third kappa shape index (κ3) is 4.69. The Kier molecular flexibility index (Phi) is 7.18. The number of rotatable bonds is 5. The van der Waals surface area contributed by atoms with Gasteiger partial charge in [0.1, 0.15) is 5.65 Å². The van der Waals surface area contributed by atoms with Crippen LogP contribution in [-0.2, 0) is 0 Å². The molecule has 7 nitrogen and oxygen atoms in total. The first-order valence-corrected chi connectivity index (χ1v) is 10.3. The molecule has 3 aromatic rings. The molecule has 1 aliphatic rings. The fourth-order valence-electron chi connectivity index (χ4n) is 3.94. The van der Waals surface area contributed by atoms with Gasteiger partial charge in [-0.2, -0.15) is 0 Å². The topological polar surface area (TPSA) is 85.9 Å². The summed E-state index contributed by atoms with van der Waals surface area (Å²) in [5, 5.41) is 8.02. The van der Waals surface area contributed by atoms with Crippen molar-refractivity contribution < 1.29 is 4.79 Å². The third-order valence-corrected chi connectivity index (χ3v) is 5.38. The fraction of sp³-hybridized carbons (Fsp3) is 0.381. The van der Waals surface area contributed by atoms with Crippen molar-refractivity contribution >= 4 is 52.3 Å². The average Bonchev–Trinajstić information content (AvgIpc) is 3.11. The highest BCUT2D eigenvalue weighted by Gasteiger charge is 2.26. The van der Waals surface area contributed by atoms with E-state index in [1.54, 1.807) is 36.9 Å². The fourth-order valence-corrected chi connectivity index (χ4v) is 4.21. The number of anilines is 2. The lowest BCUT2D eigenvalue weighted by atomic mass is 10.0. The van der Waals surface area contributed by atoms with Crippen LogP contribution >= 0.6 is 24.0 Å². The van der Waals surface area contributed by atoms with Crippen molar-refractivity contribution in [2.45, 2.75) is 38.8 Å². The zero-order valence-electron chi connectivity index (χ0n) is 17.0. The standard InChI is InChI=1S/C21H25ClN6O.ClH/c1-13(2)26-15-6-4-8-28(12-15)19-16(22)10-24-20-18(19)17(11-25-20)27-21(29)14-5-3-7-23-9-14;/h3,5,7,9-11,13,15,26H,4,6,8,12H2,1-2H3,(H,24,25)(H,27,29);1H. The molecule has 0 bridgehead atoms. The van der Waals surface area contributed by atoms with E-state index < -0.39 is 0 Å². The zero-order valence-corrected chi connectivity index (χ0v) is 18.6. The minimum atomic E-state index is -0.220. The monoisotopic (exact) mass is 448 g/mol. The highest BCUT2D eigenvalue weighted by Crippen LogP contribution is 2.38. The van der Waals surface area contributed by atoms with Gasteiger partial charge in [-0.25, -0.2) is 4.98 Å². The Balaban J connectivity index is 0.00000256. The molecule has 3 N–H and O–H groups in total. The minimum absolute atomic E-state index is 0. The number of halogens is 2. The van der Waals surface area contributed by atoms with Crippen LogP contribution in [-0.4, -0.2) is 46.0 Å². The number of aromatic amines is 1. The first-order valence-electron chi connectivity index (χ1n) is 9.91. The number of hydrogen-bond acceptors (Lipinski definition) is 5. The van der Waals surface area contributed by atoms with Crippen LogP contribution in [0.15, 0.2) is 36.9 Å². The summed E-state index contributed by atoms with van der Waals surface area (Å²) in [5.41, 5.74) is 2.77. The summed E-state index contributed by atoms with van der Waals surface area (Å²) in [4.78, 5) is 26.5. The maximum Gasteiger partial charge on any atom is 0.257 e. The van der Waals surface area contributed by atoms with Gasteiger partial charge in [-0.1, -0.05) is 25.4 Å². The van der Waals surface area contributed by atoms with Gasteiger partial charge in [-0.15, -0.1) is 12.4 Å². The summed E-state index contributed by atoms with van der Waals surface area (Å²) in [7, 11) is 0. The molecule has 30 heavy (non-hydrogen) atoms. The number of carbonyl (C=O) groups excluding carboxylic acids is 1. The SMILES string of the molecule is CC(C)NC1CCCN(c2c(Cl)cnc3[nH]cc(NC(=O)c4cccnc4)c23)C1.Cl. The van der Waals surface area contributed by atoms with Crippen molar-refractivity contribution in [3.63, 3.8) is 0 Å². The molecular weight excluding hydrogens is 423 g/mol. The largest absolute Gasteiger partial charge is 0.368 e. The van der Waals surface area contributed by atoms with Gasteiger partial charge in [-0.3, -0.25) is 9.78 Å². The number of aromatic nitrogens is 3. The molecule has 1 amide bonds. The van der Waals surface area contributed by atoms with Crippen LogP contribution in [0.2, 0.25) is 5.02 Å². The van der Waals surface area contributed by atoms with E-state index in [9.17, 15) is 4.79 Å². The third-order valence-electron chi connectivity index (χ3n) is 5.11. The molecule has 0 aromatic carbocycles. The normalized spacial score (nSPS) is 16.5. The second kappa shape index (κ2) is 9.64. The van der Waals surface area contributed by atoms with E-state index in [0.29, 0.717) is 34.0 Å². The highest BCUT2D eigenvalue weighted by molar-refractivity contribution is 6.35. The van der Waals surface area contributed by atoms with Gasteiger partial charge >= 0.3 is 0 Å². The molecule has 9 heteroatoms. The van der Waals surface area contributed by atoms with E-state index in [2.05, 4.69) is 44.3 Å².